The lowest BCUT2D eigenvalue weighted by atomic mass is 9.73. The van der Waals surface area contributed by atoms with E-state index in [-0.39, 0.29) is 11.1 Å². The standard InChI is InChI=1S/C15H15BF2O/c1-9(19)12-7-8-13(15(18)14(12)17)10-3-5-11(16-2)6-4-10/h3-9,16,19H,1-2H3. The van der Waals surface area contributed by atoms with Crippen molar-refractivity contribution < 1.29 is 13.9 Å². The second kappa shape index (κ2) is 5.53. The Hall–Kier alpha value is -1.68. The predicted octanol–water partition coefficient (Wildman–Crippen LogP) is 2.80. The van der Waals surface area contributed by atoms with E-state index in [1.54, 1.807) is 12.1 Å². The van der Waals surface area contributed by atoms with Crippen molar-refractivity contribution in [1.29, 1.82) is 0 Å². The van der Waals surface area contributed by atoms with Gasteiger partial charge in [0.2, 0.25) is 0 Å². The van der Waals surface area contributed by atoms with Crippen molar-refractivity contribution in [2.45, 2.75) is 19.9 Å². The van der Waals surface area contributed by atoms with E-state index < -0.39 is 17.7 Å². The van der Waals surface area contributed by atoms with Crippen LogP contribution < -0.4 is 5.46 Å². The van der Waals surface area contributed by atoms with Crippen LogP contribution in [0.2, 0.25) is 6.82 Å². The first-order chi connectivity index (χ1) is 9.04. The van der Waals surface area contributed by atoms with Crippen LogP contribution in [0.25, 0.3) is 11.1 Å². The van der Waals surface area contributed by atoms with Gasteiger partial charge in [-0.05, 0) is 12.5 Å². The van der Waals surface area contributed by atoms with Crippen LogP contribution >= 0.6 is 0 Å². The van der Waals surface area contributed by atoms with E-state index in [0.29, 0.717) is 5.56 Å². The van der Waals surface area contributed by atoms with E-state index in [2.05, 4.69) is 0 Å². The molecule has 0 saturated carbocycles. The van der Waals surface area contributed by atoms with Crippen molar-refractivity contribution in [2.75, 3.05) is 0 Å². The highest BCUT2D eigenvalue weighted by molar-refractivity contribution is 6.51. The average Bonchev–Trinajstić information content (AvgIpc) is 2.41. The molecule has 0 aromatic heterocycles. The number of hydrogen-bond acceptors (Lipinski definition) is 1. The molecule has 0 saturated heterocycles. The molecule has 1 atom stereocenters. The van der Waals surface area contributed by atoms with Gasteiger partial charge in [-0.15, -0.1) is 0 Å². The minimum absolute atomic E-state index is 0.0218. The van der Waals surface area contributed by atoms with Crippen molar-refractivity contribution >= 4 is 12.7 Å². The number of hydrogen-bond donors (Lipinski definition) is 1. The van der Waals surface area contributed by atoms with Gasteiger partial charge in [0.1, 0.15) is 0 Å². The lowest BCUT2D eigenvalue weighted by molar-refractivity contribution is 0.193. The van der Waals surface area contributed by atoms with E-state index >= 15 is 0 Å². The van der Waals surface area contributed by atoms with E-state index in [4.69, 9.17) is 0 Å². The summed E-state index contributed by atoms with van der Waals surface area (Å²) in [6, 6.07) is 10.3. The molecule has 0 bridgehead atoms. The highest BCUT2D eigenvalue weighted by Gasteiger charge is 2.17. The fraction of sp³-hybridized carbons (Fsp3) is 0.200. The highest BCUT2D eigenvalue weighted by atomic mass is 19.2. The van der Waals surface area contributed by atoms with Crippen LogP contribution in [0, 0.1) is 11.6 Å². The van der Waals surface area contributed by atoms with Crippen LogP contribution in [0.4, 0.5) is 8.78 Å². The van der Waals surface area contributed by atoms with Gasteiger partial charge in [0, 0.05) is 11.1 Å². The van der Waals surface area contributed by atoms with E-state index in [1.165, 1.54) is 19.1 Å². The minimum Gasteiger partial charge on any atom is -0.389 e. The molecule has 1 N–H and O–H groups in total. The Balaban J connectivity index is 2.48. The molecule has 0 radical (unpaired) electrons. The van der Waals surface area contributed by atoms with Crippen LogP contribution in [0.1, 0.15) is 18.6 Å². The number of aliphatic hydroxyl groups is 1. The summed E-state index contributed by atoms with van der Waals surface area (Å²) in [5.41, 5.74) is 1.96. The Morgan fingerprint density at radius 2 is 1.63 bits per heavy atom. The SMILES string of the molecule is CBc1ccc(-c2ccc(C(C)O)c(F)c2F)cc1. The number of rotatable bonds is 3. The van der Waals surface area contributed by atoms with Gasteiger partial charge in [0.25, 0.3) is 0 Å². The zero-order chi connectivity index (χ0) is 14.0. The topological polar surface area (TPSA) is 20.2 Å². The summed E-state index contributed by atoms with van der Waals surface area (Å²) in [5.74, 6) is -1.89. The van der Waals surface area contributed by atoms with Gasteiger partial charge < -0.3 is 5.11 Å². The monoisotopic (exact) mass is 260 g/mol. The Morgan fingerprint density at radius 1 is 1.00 bits per heavy atom. The second-order valence-corrected chi connectivity index (χ2v) is 4.56. The summed E-state index contributed by atoms with van der Waals surface area (Å²) < 4.78 is 27.8. The van der Waals surface area contributed by atoms with Crippen molar-refractivity contribution in [3.05, 3.63) is 53.6 Å². The summed E-state index contributed by atoms with van der Waals surface area (Å²) in [4.78, 5) is 0. The summed E-state index contributed by atoms with van der Waals surface area (Å²) in [5, 5.41) is 9.35. The van der Waals surface area contributed by atoms with E-state index in [0.717, 1.165) is 12.7 Å². The molecule has 2 aromatic carbocycles. The van der Waals surface area contributed by atoms with Gasteiger partial charge >= 0.3 is 0 Å². The third-order valence-corrected chi connectivity index (χ3v) is 3.24. The average molecular weight is 260 g/mol. The van der Waals surface area contributed by atoms with Crippen LogP contribution in [0.3, 0.4) is 0 Å². The highest BCUT2D eigenvalue weighted by Crippen LogP contribution is 2.28. The third-order valence-electron chi connectivity index (χ3n) is 3.24. The largest absolute Gasteiger partial charge is 0.389 e. The molecule has 0 amide bonds. The molecule has 0 heterocycles. The van der Waals surface area contributed by atoms with Crippen molar-refractivity contribution in [3.8, 4) is 11.1 Å². The first-order valence-electron chi connectivity index (χ1n) is 6.29. The maximum absolute atomic E-state index is 14.0. The number of aliphatic hydroxyl groups excluding tert-OH is 1. The fourth-order valence-electron chi connectivity index (χ4n) is 2.03. The van der Waals surface area contributed by atoms with Gasteiger partial charge in [0.05, 0.1) is 6.10 Å². The number of benzene rings is 2. The zero-order valence-electron chi connectivity index (χ0n) is 11.0. The lowest BCUT2D eigenvalue weighted by Gasteiger charge is -2.11. The second-order valence-electron chi connectivity index (χ2n) is 4.56. The van der Waals surface area contributed by atoms with Crippen LogP contribution in [0.15, 0.2) is 36.4 Å². The Morgan fingerprint density at radius 3 is 2.16 bits per heavy atom. The maximum Gasteiger partial charge on any atom is 0.167 e. The summed E-state index contributed by atoms with van der Waals surface area (Å²) in [6.07, 6.45) is -1.02. The van der Waals surface area contributed by atoms with Gasteiger partial charge in [0.15, 0.2) is 18.9 Å². The molecular weight excluding hydrogens is 245 g/mol. The van der Waals surface area contributed by atoms with Gasteiger partial charge in [-0.2, -0.15) is 0 Å². The zero-order valence-corrected chi connectivity index (χ0v) is 11.0. The lowest BCUT2D eigenvalue weighted by Crippen LogP contribution is -2.09. The summed E-state index contributed by atoms with van der Waals surface area (Å²) in [6.45, 7) is 3.44. The van der Waals surface area contributed by atoms with Crippen molar-refractivity contribution in [1.82, 2.24) is 0 Å². The molecule has 1 unspecified atom stereocenters. The molecule has 0 aliphatic rings. The first kappa shape index (κ1) is 13.7. The Bertz CT molecular complexity index is 579. The smallest absolute Gasteiger partial charge is 0.167 e. The molecule has 98 valence electrons. The van der Waals surface area contributed by atoms with Gasteiger partial charge in [-0.1, -0.05) is 48.7 Å². The summed E-state index contributed by atoms with van der Waals surface area (Å²) in [7, 11) is 0.901. The number of halogens is 2. The van der Waals surface area contributed by atoms with Crippen LogP contribution in [-0.2, 0) is 0 Å². The fourth-order valence-corrected chi connectivity index (χ4v) is 2.03. The molecule has 2 aromatic rings. The predicted molar refractivity (Wildman–Crippen MR) is 75.1 cm³/mol. The van der Waals surface area contributed by atoms with Crippen LogP contribution in [-0.4, -0.2) is 12.4 Å². The molecule has 0 spiro atoms. The van der Waals surface area contributed by atoms with Crippen LogP contribution in [0.5, 0.6) is 0 Å². The third kappa shape index (κ3) is 2.68. The first-order valence-corrected chi connectivity index (χ1v) is 6.29. The Kier molecular flexibility index (Phi) is 4.00. The molecule has 0 fully saturated rings. The summed E-state index contributed by atoms with van der Waals surface area (Å²) >= 11 is 0. The molecule has 2 rings (SSSR count). The minimum atomic E-state index is -1.02. The molecule has 1 nitrogen and oxygen atoms in total. The molecule has 4 heteroatoms. The molecular formula is C15H15BF2O. The quantitative estimate of drug-likeness (QED) is 0.841. The molecule has 0 aliphatic carbocycles. The normalized spacial score (nSPS) is 12.3. The maximum atomic E-state index is 14.0. The van der Waals surface area contributed by atoms with E-state index in [9.17, 15) is 13.9 Å². The Labute approximate surface area is 112 Å². The molecule has 19 heavy (non-hydrogen) atoms. The molecule has 0 aliphatic heterocycles. The van der Waals surface area contributed by atoms with E-state index in [1.807, 2.05) is 19.0 Å². The van der Waals surface area contributed by atoms with Crippen molar-refractivity contribution in [2.24, 2.45) is 0 Å². The van der Waals surface area contributed by atoms with Gasteiger partial charge in [-0.3, -0.25) is 0 Å². The van der Waals surface area contributed by atoms with Gasteiger partial charge in [-0.25, -0.2) is 8.78 Å². The van der Waals surface area contributed by atoms with Crippen molar-refractivity contribution in [3.63, 3.8) is 0 Å².